The summed E-state index contributed by atoms with van der Waals surface area (Å²) in [4.78, 5) is 61.4. The third kappa shape index (κ3) is 18.2. The smallest absolute Gasteiger partial charge is 0.407 e. The molecule has 1 aliphatic rings. The molecule has 4 atom stereocenters. The number of hydrogen-bond acceptors (Lipinski definition) is 9. The zero-order chi connectivity index (χ0) is 37.5. The predicted molar refractivity (Wildman–Crippen MR) is 191 cm³/mol. The third-order valence-corrected chi connectivity index (χ3v) is 7.39. The van der Waals surface area contributed by atoms with Gasteiger partial charge < -0.3 is 40.6 Å². The number of hydrogen-bond donors (Lipinski definition) is 5. The maximum atomic E-state index is 13.1. The summed E-state index contributed by atoms with van der Waals surface area (Å²) in [5.74, 6) is -1.37. The van der Waals surface area contributed by atoms with E-state index in [1.54, 1.807) is 24.3 Å². The summed E-state index contributed by atoms with van der Waals surface area (Å²) >= 11 is 0. The molecule has 0 aromatic heterocycles. The number of allylic oxidation sites excluding steroid dienone is 5. The van der Waals surface area contributed by atoms with Gasteiger partial charge in [-0.05, 0) is 38.0 Å². The molecule has 0 aromatic carbocycles. The number of carbonyl (C=O) groups is 5. The molecular formula is C37H56N4O9. The van der Waals surface area contributed by atoms with Crippen LogP contribution in [0.15, 0.2) is 72.2 Å². The monoisotopic (exact) mass is 700 g/mol. The number of esters is 1. The molecule has 0 unspecified atom stereocenters. The Labute approximate surface area is 296 Å². The van der Waals surface area contributed by atoms with E-state index < -0.39 is 41.4 Å². The number of amides is 4. The average molecular weight is 701 g/mol. The van der Waals surface area contributed by atoms with Gasteiger partial charge in [0.2, 0.25) is 17.7 Å². The van der Waals surface area contributed by atoms with Gasteiger partial charge in [0.1, 0.15) is 18.2 Å². The lowest BCUT2D eigenvalue weighted by molar-refractivity contribution is -0.151. The molecule has 0 saturated carbocycles. The zero-order valence-electron chi connectivity index (χ0n) is 30.5. The molecule has 0 radical (unpaired) electrons. The Morgan fingerprint density at radius 1 is 1.08 bits per heavy atom. The molecule has 0 fully saturated rings. The molecule has 0 aromatic rings. The van der Waals surface area contributed by atoms with Gasteiger partial charge in [-0.25, -0.2) is 9.59 Å². The number of ether oxygens (including phenoxy) is 3. The molecule has 0 spiro atoms. The average Bonchev–Trinajstić information content (AvgIpc) is 3.05. The molecule has 4 amide bonds. The van der Waals surface area contributed by atoms with Gasteiger partial charge in [0.25, 0.3) is 0 Å². The van der Waals surface area contributed by atoms with Gasteiger partial charge in [0, 0.05) is 50.8 Å². The van der Waals surface area contributed by atoms with E-state index in [0.717, 1.165) is 5.57 Å². The summed E-state index contributed by atoms with van der Waals surface area (Å²) in [5.41, 5.74) is 0.335. The Hall–Kier alpha value is -4.65. The van der Waals surface area contributed by atoms with Gasteiger partial charge >= 0.3 is 12.1 Å². The molecule has 0 saturated heterocycles. The normalized spacial score (nSPS) is 17.3. The number of aliphatic hydroxyl groups excluding tert-OH is 1. The standard InChI is InChI=1S/C37H56N4O9/c1-8-9-15-28(49-36(47)40-23-13-22-38-31(43)20-24-42)16-12-21-39-34(45)33(37(4,5)6)41-32(44)17-11-10-14-26(2)25-27(3)29-18-19-30(48-7)35(46)50-29/h8-12,14,17,19,21,25,27-29,33,42H,13,15-16,18,20,22-24H2,1-7H3,(H,38,43)(H,39,45)(H,40,47)(H,41,44)/b9-8-,14-10-,17-11-,21-12-,26-25+/t27-,28-,29-,33+/m0/s1. The molecule has 5 N–H and O–H groups in total. The van der Waals surface area contributed by atoms with Crippen molar-refractivity contribution in [3.63, 3.8) is 0 Å². The van der Waals surface area contributed by atoms with E-state index in [-0.39, 0.29) is 36.7 Å². The fourth-order valence-corrected chi connectivity index (χ4v) is 4.65. The van der Waals surface area contributed by atoms with Crippen LogP contribution in [0.5, 0.6) is 0 Å². The molecule has 0 aliphatic carbocycles. The SMILES string of the molecule is C/C=C\C[C@@H](C/C=C\NC(=O)[C@@H](NC(=O)\C=C/C=C\C(C)=C\[C@H](C)[C@@H]1CC=C(OC)C(=O)O1)C(C)(C)C)OC(=O)NCCCNC(=O)CCO. The lowest BCUT2D eigenvalue weighted by atomic mass is 9.86. The Bertz CT molecular complexity index is 1310. The molecule has 0 bridgehead atoms. The minimum atomic E-state index is -0.837. The van der Waals surface area contributed by atoms with Gasteiger partial charge in [-0.15, -0.1) is 0 Å². The van der Waals surface area contributed by atoms with E-state index in [0.29, 0.717) is 38.8 Å². The first kappa shape index (κ1) is 43.4. The Morgan fingerprint density at radius 3 is 2.40 bits per heavy atom. The van der Waals surface area contributed by atoms with Gasteiger partial charge in [-0.3, -0.25) is 14.4 Å². The van der Waals surface area contributed by atoms with Gasteiger partial charge in [0.05, 0.1) is 13.7 Å². The minimum absolute atomic E-state index is 0.0293. The van der Waals surface area contributed by atoms with E-state index in [9.17, 15) is 24.0 Å². The molecule has 13 nitrogen and oxygen atoms in total. The highest BCUT2D eigenvalue weighted by molar-refractivity contribution is 5.93. The maximum Gasteiger partial charge on any atom is 0.407 e. The number of alkyl carbamates (subject to hydrolysis) is 1. The van der Waals surface area contributed by atoms with Gasteiger partial charge in [-0.1, -0.05) is 75.8 Å². The molecule has 13 heteroatoms. The van der Waals surface area contributed by atoms with Crippen LogP contribution in [-0.4, -0.2) is 79.9 Å². The zero-order valence-corrected chi connectivity index (χ0v) is 30.5. The second-order valence-corrected chi connectivity index (χ2v) is 12.8. The van der Waals surface area contributed by atoms with Crippen LogP contribution >= 0.6 is 0 Å². The quantitative estimate of drug-likeness (QED) is 0.0412. The Balaban J connectivity index is 2.64. The first-order valence-corrected chi connectivity index (χ1v) is 16.9. The number of cyclic esters (lactones) is 1. The molecule has 1 heterocycles. The van der Waals surface area contributed by atoms with Crippen molar-refractivity contribution < 1.29 is 43.3 Å². The van der Waals surface area contributed by atoms with Crippen molar-refractivity contribution in [1.82, 2.24) is 21.3 Å². The lowest BCUT2D eigenvalue weighted by Crippen LogP contribution is -2.52. The summed E-state index contributed by atoms with van der Waals surface area (Å²) in [5, 5.41) is 19.5. The van der Waals surface area contributed by atoms with Crippen LogP contribution in [-0.2, 0) is 33.4 Å². The van der Waals surface area contributed by atoms with Gasteiger partial charge in [0.15, 0.2) is 5.76 Å². The van der Waals surface area contributed by atoms with Crippen molar-refractivity contribution in [2.45, 2.75) is 91.9 Å². The second kappa shape index (κ2) is 23.7. The Morgan fingerprint density at radius 2 is 1.76 bits per heavy atom. The predicted octanol–water partition coefficient (Wildman–Crippen LogP) is 4.03. The summed E-state index contributed by atoms with van der Waals surface area (Å²) in [6.07, 6.45) is 17.6. The van der Waals surface area contributed by atoms with Crippen LogP contribution in [0.4, 0.5) is 4.79 Å². The van der Waals surface area contributed by atoms with Crippen LogP contribution in [0.3, 0.4) is 0 Å². The summed E-state index contributed by atoms with van der Waals surface area (Å²) in [6.45, 7) is 11.7. The summed E-state index contributed by atoms with van der Waals surface area (Å²) < 4.78 is 16.0. The van der Waals surface area contributed by atoms with Crippen LogP contribution in [0.25, 0.3) is 0 Å². The first-order chi connectivity index (χ1) is 23.7. The Kier molecular flexibility index (Phi) is 20.5. The highest BCUT2D eigenvalue weighted by Gasteiger charge is 2.32. The fraction of sp³-hybridized carbons (Fsp3) is 0.541. The molecule has 1 aliphatic heterocycles. The number of carbonyl (C=O) groups excluding carboxylic acids is 5. The van der Waals surface area contributed by atoms with Crippen molar-refractivity contribution in [2.24, 2.45) is 11.3 Å². The number of methoxy groups -OCH3 is 1. The largest absolute Gasteiger partial charge is 0.490 e. The highest BCUT2D eigenvalue weighted by Crippen LogP contribution is 2.23. The van der Waals surface area contributed by atoms with Crippen molar-refractivity contribution >= 4 is 29.8 Å². The van der Waals surface area contributed by atoms with Gasteiger partial charge in [-0.2, -0.15) is 0 Å². The van der Waals surface area contributed by atoms with E-state index >= 15 is 0 Å². The fourth-order valence-electron chi connectivity index (χ4n) is 4.65. The number of aliphatic hydroxyl groups is 1. The summed E-state index contributed by atoms with van der Waals surface area (Å²) in [7, 11) is 1.43. The molecule has 278 valence electrons. The highest BCUT2D eigenvalue weighted by atomic mass is 16.6. The van der Waals surface area contributed by atoms with E-state index in [1.165, 1.54) is 19.4 Å². The van der Waals surface area contributed by atoms with Crippen molar-refractivity contribution in [2.75, 3.05) is 26.8 Å². The third-order valence-electron chi connectivity index (χ3n) is 7.39. The topological polar surface area (TPSA) is 181 Å². The van der Waals surface area contributed by atoms with Crippen molar-refractivity contribution in [1.29, 1.82) is 0 Å². The lowest BCUT2D eigenvalue weighted by Gasteiger charge is -2.29. The van der Waals surface area contributed by atoms with Crippen LogP contribution < -0.4 is 21.3 Å². The second-order valence-electron chi connectivity index (χ2n) is 12.8. The van der Waals surface area contributed by atoms with E-state index in [4.69, 9.17) is 19.3 Å². The van der Waals surface area contributed by atoms with E-state index in [2.05, 4.69) is 21.3 Å². The molecular weight excluding hydrogens is 644 g/mol. The molecule has 50 heavy (non-hydrogen) atoms. The summed E-state index contributed by atoms with van der Waals surface area (Å²) in [6, 6.07) is -0.837. The maximum absolute atomic E-state index is 13.1. The van der Waals surface area contributed by atoms with Crippen LogP contribution in [0.2, 0.25) is 0 Å². The first-order valence-electron chi connectivity index (χ1n) is 16.9. The number of nitrogens with one attached hydrogen (secondary N) is 4. The molecule has 1 rings (SSSR count). The van der Waals surface area contributed by atoms with Crippen LogP contribution in [0, 0.1) is 11.3 Å². The van der Waals surface area contributed by atoms with Crippen molar-refractivity contribution in [3.8, 4) is 0 Å². The van der Waals surface area contributed by atoms with E-state index in [1.807, 2.05) is 65.8 Å². The van der Waals surface area contributed by atoms with Crippen LogP contribution in [0.1, 0.15) is 73.6 Å². The van der Waals surface area contributed by atoms with Crippen molar-refractivity contribution in [3.05, 3.63) is 72.2 Å². The minimum Gasteiger partial charge on any atom is -0.490 e. The number of rotatable bonds is 20.